The molecule has 0 radical (unpaired) electrons. The highest BCUT2D eigenvalue weighted by Crippen LogP contribution is 2.41. The predicted molar refractivity (Wildman–Crippen MR) is 115 cm³/mol. The fourth-order valence-corrected chi connectivity index (χ4v) is 4.32. The first-order valence-electron chi connectivity index (χ1n) is 10.1. The molecule has 5 nitrogen and oxygen atoms in total. The van der Waals surface area contributed by atoms with Gasteiger partial charge in [-0.25, -0.2) is 4.79 Å². The van der Waals surface area contributed by atoms with Crippen molar-refractivity contribution in [2.24, 2.45) is 0 Å². The van der Waals surface area contributed by atoms with E-state index in [1.807, 2.05) is 0 Å². The number of nitrogens with one attached hydrogen (secondary N) is 1. The maximum atomic E-state index is 12.7. The van der Waals surface area contributed by atoms with E-state index in [-0.39, 0.29) is 11.5 Å². The summed E-state index contributed by atoms with van der Waals surface area (Å²) in [5.41, 5.74) is 6.27. The molecule has 1 aliphatic heterocycles. The van der Waals surface area contributed by atoms with Gasteiger partial charge in [0.05, 0.1) is 11.1 Å². The van der Waals surface area contributed by atoms with Crippen LogP contribution in [0.1, 0.15) is 51.4 Å². The summed E-state index contributed by atoms with van der Waals surface area (Å²) in [6.45, 7) is 2.05. The molecule has 0 saturated carbocycles. The highest BCUT2D eigenvalue weighted by atomic mass is 16.4. The summed E-state index contributed by atoms with van der Waals surface area (Å²) in [5, 5.41) is 12.2. The molecule has 5 rings (SSSR count). The van der Waals surface area contributed by atoms with Gasteiger partial charge in [0.1, 0.15) is 11.5 Å². The quantitative estimate of drug-likeness (QED) is 0.584. The summed E-state index contributed by atoms with van der Waals surface area (Å²) in [7, 11) is 0. The number of carbonyl (C=O) groups is 2. The second kappa shape index (κ2) is 7.02. The Balaban J connectivity index is 1.69. The van der Waals surface area contributed by atoms with Crippen molar-refractivity contribution in [3.63, 3.8) is 0 Å². The lowest BCUT2D eigenvalue weighted by Crippen LogP contribution is -2.03. The van der Waals surface area contributed by atoms with Crippen molar-refractivity contribution in [2.45, 2.75) is 32.6 Å². The first-order chi connectivity index (χ1) is 14.5. The van der Waals surface area contributed by atoms with Crippen molar-refractivity contribution in [1.29, 1.82) is 0 Å². The number of rotatable bonds is 3. The number of aryl methyl sites for hydroxylation is 2. The zero-order valence-corrected chi connectivity index (χ0v) is 16.6. The molecule has 2 aromatic carbocycles. The fraction of sp³-hybridized carbons (Fsp3) is 0.200. The standard InChI is InChI=1S/C25H21NO4/c1-14-6-8-15(9-7-14)23-17-4-2-3-5-21(17)30-22(23)13-19-18-12-16(25(28)29)10-11-20(18)26-24(19)27/h6-13H,2-5H2,1H3,(H,26,27)(H,28,29). The van der Waals surface area contributed by atoms with Crippen molar-refractivity contribution in [1.82, 2.24) is 0 Å². The fourth-order valence-electron chi connectivity index (χ4n) is 4.32. The van der Waals surface area contributed by atoms with Crippen LogP contribution in [0.4, 0.5) is 5.69 Å². The number of fused-ring (bicyclic) bond motifs is 2. The van der Waals surface area contributed by atoms with E-state index in [2.05, 4.69) is 36.5 Å². The highest BCUT2D eigenvalue weighted by Gasteiger charge is 2.28. The van der Waals surface area contributed by atoms with Gasteiger partial charge in [-0.1, -0.05) is 29.8 Å². The van der Waals surface area contributed by atoms with E-state index in [4.69, 9.17) is 4.42 Å². The van der Waals surface area contributed by atoms with Crippen LogP contribution in [0.15, 0.2) is 46.9 Å². The zero-order valence-electron chi connectivity index (χ0n) is 16.6. The van der Waals surface area contributed by atoms with Gasteiger partial charge in [-0.2, -0.15) is 0 Å². The maximum Gasteiger partial charge on any atom is 0.335 e. The Morgan fingerprint density at radius 1 is 1.10 bits per heavy atom. The predicted octanol–water partition coefficient (Wildman–Crippen LogP) is 5.32. The second-order valence-electron chi connectivity index (χ2n) is 7.89. The Kier molecular flexibility index (Phi) is 4.31. The monoisotopic (exact) mass is 399 g/mol. The van der Waals surface area contributed by atoms with E-state index in [0.29, 0.717) is 22.6 Å². The number of carbonyl (C=O) groups excluding carboxylic acids is 1. The number of carboxylic acid groups (broad SMARTS) is 1. The molecule has 30 heavy (non-hydrogen) atoms. The van der Waals surface area contributed by atoms with Crippen molar-refractivity contribution < 1.29 is 19.1 Å². The lowest BCUT2D eigenvalue weighted by molar-refractivity contribution is -0.110. The Bertz CT molecular complexity index is 1210. The molecule has 2 aliphatic rings. The Hall–Kier alpha value is -3.60. The van der Waals surface area contributed by atoms with Crippen molar-refractivity contribution in [2.75, 3.05) is 5.32 Å². The van der Waals surface area contributed by atoms with Crippen LogP contribution in [0.3, 0.4) is 0 Å². The van der Waals surface area contributed by atoms with Crippen LogP contribution in [0, 0.1) is 6.92 Å². The van der Waals surface area contributed by atoms with Crippen LogP contribution >= 0.6 is 0 Å². The number of anilines is 1. The van der Waals surface area contributed by atoms with Crippen LogP contribution in [-0.2, 0) is 17.6 Å². The largest absolute Gasteiger partial charge is 0.478 e. The van der Waals surface area contributed by atoms with E-state index >= 15 is 0 Å². The molecule has 0 fully saturated rings. The summed E-state index contributed by atoms with van der Waals surface area (Å²) in [6.07, 6.45) is 5.82. The molecule has 0 saturated heterocycles. The molecule has 3 aromatic rings. The van der Waals surface area contributed by atoms with Gasteiger partial charge >= 0.3 is 5.97 Å². The van der Waals surface area contributed by atoms with Gasteiger partial charge in [0.15, 0.2) is 0 Å². The third kappa shape index (κ3) is 3.03. The maximum absolute atomic E-state index is 12.7. The second-order valence-corrected chi connectivity index (χ2v) is 7.89. The van der Waals surface area contributed by atoms with E-state index in [1.54, 1.807) is 12.1 Å². The number of hydrogen-bond acceptors (Lipinski definition) is 3. The van der Waals surface area contributed by atoms with E-state index < -0.39 is 5.97 Å². The summed E-state index contributed by atoms with van der Waals surface area (Å²) < 4.78 is 6.25. The summed E-state index contributed by atoms with van der Waals surface area (Å²) in [6, 6.07) is 13.0. The van der Waals surface area contributed by atoms with E-state index in [1.165, 1.54) is 23.3 Å². The number of aromatic carboxylic acids is 1. The van der Waals surface area contributed by atoms with Gasteiger partial charge in [0.25, 0.3) is 5.91 Å². The van der Waals surface area contributed by atoms with Gasteiger partial charge in [0, 0.05) is 28.8 Å². The van der Waals surface area contributed by atoms with Gasteiger partial charge in [-0.05, 0) is 56.0 Å². The topological polar surface area (TPSA) is 79.5 Å². The molecule has 0 unspecified atom stereocenters. The number of benzene rings is 2. The molecule has 1 amide bonds. The Labute approximate surface area is 174 Å². The summed E-state index contributed by atoms with van der Waals surface area (Å²) in [4.78, 5) is 24.1. The van der Waals surface area contributed by atoms with Crippen LogP contribution in [0.5, 0.6) is 0 Å². The lowest BCUT2D eigenvalue weighted by atomic mass is 9.90. The number of amides is 1. The van der Waals surface area contributed by atoms with Gasteiger partial charge < -0.3 is 14.8 Å². The average molecular weight is 399 g/mol. The van der Waals surface area contributed by atoms with Crippen molar-refractivity contribution in [3.05, 3.63) is 76.2 Å². The van der Waals surface area contributed by atoms with Crippen LogP contribution in [0.2, 0.25) is 0 Å². The molecule has 1 aliphatic carbocycles. The molecule has 5 heteroatoms. The molecule has 0 atom stereocenters. The minimum atomic E-state index is -1.02. The van der Waals surface area contributed by atoms with E-state index in [0.717, 1.165) is 42.6 Å². The third-order valence-corrected chi connectivity index (χ3v) is 5.86. The smallest absolute Gasteiger partial charge is 0.335 e. The average Bonchev–Trinajstić information content (AvgIpc) is 3.25. The van der Waals surface area contributed by atoms with Crippen LogP contribution in [0.25, 0.3) is 22.8 Å². The van der Waals surface area contributed by atoms with Gasteiger partial charge in [-0.3, -0.25) is 4.79 Å². The SMILES string of the molecule is Cc1ccc(-c2c(C=C3C(=O)Nc4ccc(C(=O)O)cc43)oc3c2CCCC3)cc1. The van der Waals surface area contributed by atoms with Crippen LogP contribution in [-0.4, -0.2) is 17.0 Å². The van der Waals surface area contributed by atoms with Crippen molar-refractivity contribution >= 4 is 29.2 Å². The first-order valence-corrected chi connectivity index (χ1v) is 10.1. The summed E-state index contributed by atoms with van der Waals surface area (Å²) >= 11 is 0. The van der Waals surface area contributed by atoms with Gasteiger partial charge in [0.2, 0.25) is 0 Å². The normalized spacial score (nSPS) is 16.3. The number of hydrogen-bond donors (Lipinski definition) is 2. The number of carboxylic acids is 1. The summed E-state index contributed by atoms with van der Waals surface area (Å²) in [5.74, 6) is 0.369. The first kappa shape index (κ1) is 18.4. The zero-order chi connectivity index (χ0) is 20.8. The molecule has 2 heterocycles. The minimum absolute atomic E-state index is 0.147. The highest BCUT2D eigenvalue weighted by molar-refractivity contribution is 6.35. The lowest BCUT2D eigenvalue weighted by Gasteiger charge is -2.11. The van der Waals surface area contributed by atoms with Crippen LogP contribution < -0.4 is 5.32 Å². The molecule has 150 valence electrons. The molecule has 2 N–H and O–H groups in total. The minimum Gasteiger partial charge on any atom is -0.478 e. The third-order valence-electron chi connectivity index (χ3n) is 5.86. The van der Waals surface area contributed by atoms with Crippen molar-refractivity contribution in [3.8, 4) is 11.1 Å². The molecular weight excluding hydrogens is 378 g/mol. The Morgan fingerprint density at radius 3 is 2.63 bits per heavy atom. The van der Waals surface area contributed by atoms with E-state index in [9.17, 15) is 14.7 Å². The van der Waals surface area contributed by atoms with Gasteiger partial charge in [-0.15, -0.1) is 0 Å². The molecule has 0 spiro atoms. The number of furan rings is 1. The Morgan fingerprint density at radius 2 is 1.87 bits per heavy atom. The molecule has 0 bridgehead atoms. The molecule has 1 aromatic heterocycles. The molecular formula is C25H21NO4.